The lowest BCUT2D eigenvalue weighted by Gasteiger charge is -2.37. The van der Waals surface area contributed by atoms with Gasteiger partial charge in [0.25, 0.3) is 0 Å². The van der Waals surface area contributed by atoms with Crippen LogP contribution in [0.3, 0.4) is 0 Å². The third-order valence-electron chi connectivity index (χ3n) is 5.33. The Balaban J connectivity index is 1.65. The fourth-order valence-electron chi connectivity index (χ4n) is 3.92. The Labute approximate surface area is 123 Å². The summed E-state index contributed by atoms with van der Waals surface area (Å²) in [6.45, 7) is 4.45. The van der Waals surface area contributed by atoms with Crippen molar-refractivity contribution in [1.29, 1.82) is 0 Å². The van der Waals surface area contributed by atoms with Gasteiger partial charge in [-0.05, 0) is 61.0 Å². The molecular weight excluding hydrogens is 244 g/mol. The van der Waals surface area contributed by atoms with Gasteiger partial charge in [-0.25, -0.2) is 0 Å². The summed E-state index contributed by atoms with van der Waals surface area (Å²) in [5, 5.41) is 11.0. The molecule has 0 radical (unpaired) electrons. The van der Waals surface area contributed by atoms with Gasteiger partial charge in [0, 0.05) is 6.42 Å². The van der Waals surface area contributed by atoms with Gasteiger partial charge in [-0.3, -0.25) is 0 Å². The summed E-state index contributed by atoms with van der Waals surface area (Å²) >= 11 is 0. The molecule has 2 atom stereocenters. The van der Waals surface area contributed by atoms with Crippen LogP contribution in [0.1, 0.15) is 69.4 Å². The van der Waals surface area contributed by atoms with Crippen molar-refractivity contribution in [3.8, 4) is 0 Å². The molecule has 2 aliphatic rings. The van der Waals surface area contributed by atoms with Gasteiger partial charge in [-0.2, -0.15) is 0 Å². The second kappa shape index (κ2) is 5.52. The number of rotatable bonds is 4. The van der Waals surface area contributed by atoms with Gasteiger partial charge >= 0.3 is 0 Å². The van der Waals surface area contributed by atoms with Crippen LogP contribution in [0, 0.1) is 11.8 Å². The fourth-order valence-corrected chi connectivity index (χ4v) is 3.92. The largest absolute Gasteiger partial charge is 0.390 e. The summed E-state index contributed by atoms with van der Waals surface area (Å²) in [4.78, 5) is 0. The molecule has 1 N–H and O–H groups in total. The lowest BCUT2D eigenvalue weighted by molar-refractivity contribution is -0.0195. The molecule has 0 heterocycles. The van der Waals surface area contributed by atoms with Gasteiger partial charge in [0.1, 0.15) is 0 Å². The first-order chi connectivity index (χ1) is 9.56. The predicted octanol–water partition coefficient (Wildman–Crippen LogP) is 4.68. The Morgan fingerprint density at radius 3 is 2.40 bits per heavy atom. The van der Waals surface area contributed by atoms with Gasteiger partial charge in [-0.15, -0.1) is 0 Å². The number of hydrogen-bond donors (Lipinski definition) is 1. The molecule has 1 aromatic carbocycles. The molecule has 0 bridgehead atoms. The van der Waals surface area contributed by atoms with Gasteiger partial charge in [-0.1, -0.05) is 44.5 Å². The SMILES string of the molecule is CC(C)c1ccc(CC2(O)CCCC(C3CC3)C2)cc1. The summed E-state index contributed by atoms with van der Waals surface area (Å²) in [6.07, 6.45) is 8.23. The zero-order valence-corrected chi connectivity index (χ0v) is 12.9. The van der Waals surface area contributed by atoms with Crippen molar-refractivity contribution in [2.24, 2.45) is 11.8 Å². The highest BCUT2D eigenvalue weighted by atomic mass is 16.3. The molecule has 0 spiro atoms. The first kappa shape index (κ1) is 14.1. The van der Waals surface area contributed by atoms with Gasteiger partial charge in [0.15, 0.2) is 0 Å². The minimum atomic E-state index is -0.440. The molecule has 1 nitrogen and oxygen atoms in total. The fraction of sp³-hybridized carbons (Fsp3) is 0.684. The highest BCUT2D eigenvalue weighted by molar-refractivity contribution is 5.26. The molecule has 110 valence electrons. The van der Waals surface area contributed by atoms with Crippen LogP contribution in [0.15, 0.2) is 24.3 Å². The van der Waals surface area contributed by atoms with Crippen molar-refractivity contribution < 1.29 is 5.11 Å². The van der Waals surface area contributed by atoms with Crippen LogP contribution < -0.4 is 0 Å². The van der Waals surface area contributed by atoms with Crippen LogP contribution >= 0.6 is 0 Å². The second-order valence-electron chi connectivity index (χ2n) is 7.49. The Bertz CT molecular complexity index is 443. The normalized spacial score (nSPS) is 30.7. The zero-order chi connectivity index (χ0) is 14.2. The number of benzene rings is 1. The molecule has 0 amide bonds. The zero-order valence-electron chi connectivity index (χ0n) is 12.9. The van der Waals surface area contributed by atoms with E-state index in [0.717, 1.165) is 31.1 Å². The summed E-state index contributed by atoms with van der Waals surface area (Å²) in [6, 6.07) is 8.89. The molecule has 2 unspecified atom stereocenters. The average molecular weight is 272 g/mol. The maximum atomic E-state index is 11.0. The lowest BCUT2D eigenvalue weighted by Crippen LogP contribution is -2.38. The molecule has 2 fully saturated rings. The standard InChI is InChI=1S/C19H28O/c1-14(2)16-7-5-15(6-8-16)12-19(20)11-3-4-18(13-19)17-9-10-17/h5-8,14,17-18,20H,3-4,9-13H2,1-2H3. The molecule has 0 aliphatic heterocycles. The molecule has 1 heteroatoms. The minimum absolute atomic E-state index is 0.440. The van der Waals surface area contributed by atoms with E-state index in [0.29, 0.717) is 5.92 Å². The van der Waals surface area contributed by atoms with E-state index in [4.69, 9.17) is 0 Å². The lowest BCUT2D eigenvalue weighted by atomic mass is 9.73. The van der Waals surface area contributed by atoms with E-state index in [1.165, 1.54) is 36.8 Å². The molecule has 20 heavy (non-hydrogen) atoms. The van der Waals surface area contributed by atoms with Crippen molar-refractivity contribution in [1.82, 2.24) is 0 Å². The smallest absolute Gasteiger partial charge is 0.0690 e. The van der Waals surface area contributed by atoms with E-state index in [2.05, 4.69) is 38.1 Å². The number of aliphatic hydroxyl groups is 1. The second-order valence-corrected chi connectivity index (χ2v) is 7.49. The van der Waals surface area contributed by atoms with Crippen molar-refractivity contribution in [2.45, 2.75) is 70.3 Å². The summed E-state index contributed by atoms with van der Waals surface area (Å²) in [5.41, 5.74) is 2.25. The maximum absolute atomic E-state index is 11.0. The molecule has 0 saturated heterocycles. The first-order valence-corrected chi connectivity index (χ1v) is 8.37. The van der Waals surface area contributed by atoms with E-state index in [-0.39, 0.29) is 0 Å². The Morgan fingerprint density at radius 1 is 1.10 bits per heavy atom. The van der Waals surface area contributed by atoms with Gasteiger partial charge in [0.2, 0.25) is 0 Å². The van der Waals surface area contributed by atoms with Crippen LogP contribution in [-0.4, -0.2) is 10.7 Å². The Hall–Kier alpha value is -0.820. The molecule has 2 aliphatic carbocycles. The Kier molecular flexibility index (Phi) is 3.90. The van der Waals surface area contributed by atoms with E-state index in [1.807, 2.05) is 0 Å². The summed E-state index contributed by atoms with van der Waals surface area (Å²) < 4.78 is 0. The molecule has 3 rings (SSSR count). The predicted molar refractivity (Wildman–Crippen MR) is 83.9 cm³/mol. The summed E-state index contributed by atoms with van der Waals surface area (Å²) in [5.74, 6) is 2.31. The van der Waals surface area contributed by atoms with Crippen LogP contribution in [0.5, 0.6) is 0 Å². The molecule has 2 saturated carbocycles. The molecule has 1 aromatic rings. The third-order valence-corrected chi connectivity index (χ3v) is 5.33. The van der Waals surface area contributed by atoms with Gasteiger partial charge < -0.3 is 5.11 Å². The molecular formula is C19H28O. The highest BCUT2D eigenvalue weighted by Crippen LogP contribution is 2.47. The first-order valence-electron chi connectivity index (χ1n) is 8.37. The van der Waals surface area contributed by atoms with E-state index < -0.39 is 5.60 Å². The monoisotopic (exact) mass is 272 g/mol. The van der Waals surface area contributed by atoms with Crippen LogP contribution in [0.2, 0.25) is 0 Å². The van der Waals surface area contributed by atoms with Crippen molar-refractivity contribution in [2.75, 3.05) is 0 Å². The van der Waals surface area contributed by atoms with E-state index in [1.54, 1.807) is 0 Å². The van der Waals surface area contributed by atoms with E-state index in [9.17, 15) is 5.11 Å². The average Bonchev–Trinajstić information content (AvgIpc) is 3.23. The quantitative estimate of drug-likeness (QED) is 0.843. The Morgan fingerprint density at radius 2 is 1.80 bits per heavy atom. The minimum Gasteiger partial charge on any atom is -0.390 e. The van der Waals surface area contributed by atoms with Crippen molar-refractivity contribution in [3.63, 3.8) is 0 Å². The third kappa shape index (κ3) is 3.25. The molecule has 0 aromatic heterocycles. The number of hydrogen-bond acceptors (Lipinski definition) is 1. The topological polar surface area (TPSA) is 20.2 Å². The maximum Gasteiger partial charge on any atom is 0.0690 e. The van der Waals surface area contributed by atoms with Crippen LogP contribution in [-0.2, 0) is 6.42 Å². The highest BCUT2D eigenvalue weighted by Gasteiger charge is 2.40. The van der Waals surface area contributed by atoms with Crippen molar-refractivity contribution in [3.05, 3.63) is 35.4 Å². The summed E-state index contributed by atoms with van der Waals surface area (Å²) in [7, 11) is 0. The van der Waals surface area contributed by atoms with Crippen LogP contribution in [0.25, 0.3) is 0 Å². The van der Waals surface area contributed by atoms with E-state index >= 15 is 0 Å². The van der Waals surface area contributed by atoms with Gasteiger partial charge in [0.05, 0.1) is 5.60 Å². The van der Waals surface area contributed by atoms with Crippen molar-refractivity contribution >= 4 is 0 Å². The van der Waals surface area contributed by atoms with Crippen LogP contribution in [0.4, 0.5) is 0 Å².